The summed E-state index contributed by atoms with van der Waals surface area (Å²) in [5.41, 5.74) is 6.65. The van der Waals surface area contributed by atoms with Gasteiger partial charge in [0.25, 0.3) is 0 Å². The molecule has 0 aromatic heterocycles. The molecule has 94 valence electrons. The summed E-state index contributed by atoms with van der Waals surface area (Å²) in [6.07, 6.45) is 2.92. The molecule has 0 radical (unpaired) electrons. The summed E-state index contributed by atoms with van der Waals surface area (Å²) in [5.74, 6) is 0.765. The third kappa shape index (κ3) is 5.69. The monoisotopic (exact) mass is 339 g/mol. The van der Waals surface area contributed by atoms with Gasteiger partial charge in [-0.15, -0.1) is 24.0 Å². The number of hydrogen-bond donors (Lipinski definition) is 3. The summed E-state index contributed by atoms with van der Waals surface area (Å²) < 4.78 is 0. The van der Waals surface area contributed by atoms with Crippen molar-refractivity contribution in [1.82, 2.24) is 5.32 Å². The summed E-state index contributed by atoms with van der Waals surface area (Å²) in [6, 6.07) is 0. The van der Waals surface area contributed by atoms with Crippen LogP contribution in [-0.2, 0) is 0 Å². The van der Waals surface area contributed by atoms with Gasteiger partial charge in [0.15, 0.2) is 5.96 Å². The van der Waals surface area contributed by atoms with Gasteiger partial charge in [0.05, 0.1) is 12.6 Å². The zero-order chi connectivity index (χ0) is 11.3. The van der Waals surface area contributed by atoms with Gasteiger partial charge in [-0.3, -0.25) is 0 Å². The van der Waals surface area contributed by atoms with E-state index < -0.39 is 0 Å². The Balaban J connectivity index is 0.00000225. The van der Waals surface area contributed by atoms with Gasteiger partial charge in [0.2, 0.25) is 0 Å². The first kappa shape index (κ1) is 15.7. The lowest BCUT2D eigenvalue weighted by molar-refractivity contribution is 0.134. The second-order valence-corrected chi connectivity index (χ2v) is 4.30. The second-order valence-electron chi connectivity index (χ2n) is 4.30. The molecule has 1 aliphatic carbocycles. The Morgan fingerprint density at radius 1 is 1.56 bits per heavy atom. The van der Waals surface area contributed by atoms with Gasteiger partial charge in [-0.1, -0.05) is 18.6 Å². The standard InChI is InChI=1S/C11H21N3O.HI/c1-8(2)6-13-11(12)14-7-9-4-3-5-10(9)15;/h9-10,15H,1,3-7H2,2H3,(H3,12,13,14);1H. The van der Waals surface area contributed by atoms with Gasteiger partial charge >= 0.3 is 0 Å². The van der Waals surface area contributed by atoms with Crippen LogP contribution in [0.2, 0.25) is 0 Å². The van der Waals surface area contributed by atoms with Crippen molar-refractivity contribution in [2.75, 3.05) is 13.1 Å². The average molecular weight is 339 g/mol. The number of aliphatic imine (C=N–C) groups is 1. The lowest BCUT2D eigenvalue weighted by Gasteiger charge is -2.15. The van der Waals surface area contributed by atoms with E-state index in [9.17, 15) is 5.11 Å². The van der Waals surface area contributed by atoms with Crippen molar-refractivity contribution in [3.05, 3.63) is 12.2 Å². The molecule has 5 heteroatoms. The summed E-state index contributed by atoms with van der Waals surface area (Å²) in [6.45, 7) is 6.94. The number of hydrogen-bond acceptors (Lipinski definition) is 2. The normalized spacial score (nSPS) is 25.0. The molecule has 1 fully saturated rings. The van der Waals surface area contributed by atoms with Crippen LogP contribution in [0.5, 0.6) is 0 Å². The Hall–Kier alpha value is -0.300. The molecule has 4 nitrogen and oxygen atoms in total. The largest absolute Gasteiger partial charge is 0.393 e. The molecule has 0 saturated heterocycles. The third-order valence-electron chi connectivity index (χ3n) is 2.68. The maximum atomic E-state index is 9.59. The molecule has 16 heavy (non-hydrogen) atoms. The number of nitrogens with one attached hydrogen (secondary N) is 1. The molecule has 1 saturated carbocycles. The zero-order valence-electron chi connectivity index (χ0n) is 9.78. The minimum atomic E-state index is -0.175. The Labute approximate surface area is 114 Å². The maximum Gasteiger partial charge on any atom is 0.188 e. The molecule has 0 heterocycles. The van der Waals surface area contributed by atoms with Crippen molar-refractivity contribution >= 4 is 29.9 Å². The van der Waals surface area contributed by atoms with E-state index in [0.29, 0.717) is 25.0 Å². The molecular weight excluding hydrogens is 317 g/mol. The number of guanidine groups is 1. The van der Waals surface area contributed by atoms with E-state index in [2.05, 4.69) is 16.9 Å². The number of rotatable bonds is 4. The van der Waals surface area contributed by atoms with Gasteiger partial charge < -0.3 is 16.2 Å². The van der Waals surface area contributed by atoms with Crippen LogP contribution in [0.15, 0.2) is 17.1 Å². The van der Waals surface area contributed by atoms with Crippen LogP contribution in [-0.4, -0.2) is 30.3 Å². The first-order chi connectivity index (χ1) is 7.09. The quantitative estimate of drug-likeness (QED) is 0.312. The van der Waals surface area contributed by atoms with Gasteiger partial charge in [-0.25, -0.2) is 4.99 Å². The molecule has 1 aliphatic rings. The number of halogens is 1. The average Bonchev–Trinajstić information content (AvgIpc) is 2.58. The molecule has 2 unspecified atom stereocenters. The molecule has 4 N–H and O–H groups in total. The highest BCUT2D eigenvalue weighted by atomic mass is 127. The van der Waals surface area contributed by atoms with E-state index >= 15 is 0 Å². The molecule has 0 aliphatic heterocycles. The Morgan fingerprint density at radius 2 is 2.25 bits per heavy atom. The number of aliphatic hydroxyl groups excluding tert-OH is 1. The van der Waals surface area contributed by atoms with Gasteiger partial charge in [0, 0.05) is 12.5 Å². The van der Waals surface area contributed by atoms with Crippen molar-refractivity contribution in [3.8, 4) is 0 Å². The first-order valence-corrected chi connectivity index (χ1v) is 5.46. The highest BCUT2D eigenvalue weighted by Gasteiger charge is 2.24. The van der Waals surface area contributed by atoms with Gasteiger partial charge in [-0.05, 0) is 19.8 Å². The number of nitrogens with two attached hydrogens (primary N) is 1. The fourth-order valence-corrected chi connectivity index (χ4v) is 1.77. The predicted octanol–water partition coefficient (Wildman–Crippen LogP) is 1.25. The predicted molar refractivity (Wildman–Crippen MR) is 78.1 cm³/mol. The number of aliphatic hydroxyl groups is 1. The topological polar surface area (TPSA) is 70.6 Å². The molecule has 0 spiro atoms. The first-order valence-electron chi connectivity index (χ1n) is 5.46. The SMILES string of the molecule is C=C(C)CN=C(N)NCC1CCCC1O.I. The lowest BCUT2D eigenvalue weighted by atomic mass is 10.1. The Kier molecular flexibility index (Phi) is 7.74. The van der Waals surface area contributed by atoms with E-state index in [1.165, 1.54) is 0 Å². The molecule has 0 bridgehead atoms. The summed E-state index contributed by atoms with van der Waals surface area (Å²) >= 11 is 0. The molecule has 2 atom stereocenters. The summed E-state index contributed by atoms with van der Waals surface area (Å²) in [5, 5.41) is 12.6. The van der Waals surface area contributed by atoms with E-state index in [0.717, 1.165) is 24.8 Å². The van der Waals surface area contributed by atoms with Gasteiger partial charge in [0.1, 0.15) is 0 Å². The van der Waals surface area contributed by atoms with Crippen molar-refractivity contribution in [3.63, 3.8) is 0 Å². The number of nitrogens with zero attached hydrogens (tertiary/aromatic N) is 1. The van der Waals surface area contributed by atoms with E-state index in [-0.39, 0.29) is 30.1 Å². The molecule has 0 aromatic carbocycles. The maximum absolute atomic E-state index is 9.59. The molecule has 1 rings (SSSR count). The van der Waals surface area contributed by atoms with Crippen molar-refractivity contribution in [1.29, 1.82) is 0 Å². The molecule has 0 amide bonds. The van der Waals surface area contributed by atoms with Crippen LogP contribution >= 0.6 is 24.0 Å². The minimum absolute atomic E-state index is 0. The van der Waals surface area contributed by atoms with Crippen molar-refractivity contribution in [2.45, 2.75) is 32.3 Å². The van der Waals surface area contributed by atoms with E-state index in [4.69, 9.17) is 5.73 Å². The minimum Gasteiger partial charge on any atom is -0.393 e. The Bertz CT molecular complexity index is 256. The Morgan fingerprint density at radius 3 is 2.75 bits per heavy atom. The van der Waals surface area contributed by atoms with Crippen molar-refractivity contribution < 1.29 is 5.11 Å². The third-order valence-corrected chi connectivity index (χ3v) is 2.68. The zero-order valence-corrected chi connectivity index (χ0v) is 12.1. The van der Waals surface area contributed by atoms with E-state index in [1.807, 2.05) is 6.92 Å². The fourth-order valence-electron chi connectivity index (χ4n) is 1.77. The van der Waals surface area contributed by atoms with E-state index in [1.54, 1.807) is 0 Å². The van der Waals surface area contributed by atoms with Crippen molar-refractivity contribution in [2.24, 2.45) is 16.6 Å². The van der Waals surface area contributed by atoms with Crippen LogP contribution < -0.4 is 11.1 Å². The molecular formula is C11H22IN3O. The highest BCUT2D eigenvalue weighted by molar-refractivity contribution is 14.0. The van der Waals surface area contributed by atoms with Crippen LogP contribution in [0.1, 0.15) is 26.2 Å². The smallest absolute Gasteiger partial charge is 0.188 e. The summed E-state index contributed by atoms with van der Waals surface area (Å²) in [4.78, 5) is 4.11. The lowest BCUT2D eigenvalue weighted by Crippen LogP contribution is -2.37. The molecule has 0 aromatic rings. The summed E-state index contributed by atoms with van der Waals surface area (Å²) in [7, 11) is 0. The van der Waals surface area contributed by atoms with Crippen LogP contribution in [0.4, 0.5) is 0 Å². The van der Waals surface area contributed by atoms with Crippen LogP contribution in [0.3, 0.4) is 0 Å². The van der Waals surface area contributed by atoms with Gasteiger partial charge in [-0.2, -0.15) is 0 Å². The van der Waals surface area contributed by atoms with Crippen LogP contribution in [0.25, 0.3) is 0 Å². The van der Waals surface area contributed by atoms with Crippen LogP contribution in [0, 0.1) is 5.92 Å². The second kappa shape index (κ2) is 7.89. The fraction of sp³-hybridized carbons (Fsp3) is 0.727. The highest BCUT2D eigenvalue weighted by Crippen LogP contribution is 2.24.